The van der Waals surface area contributed by atoms with Crippen LogP contribution in [0.2, 0.25) is 0 Å². The summed E-state index contributed by atoms with van der Waals surface area (Å²) in [7, 11) is 0. The molecule has 0 aliphatic heterocycles. The first-order valence-corrected chi connectivity index (χ1v) is 7.49. The number of carbonyl (C=O) groups is 1. The van der Waals surface area contributed by atoms with E-state index in [0.717, 1.165) is 12.3 Å². The van der Waals surface area contributed by atoms with E-state index < -0.39 is 23.9 Å². The van der Waals surface area contributed by atoms with E-state index in [1.807, 2.05) is 0 Å². The fourth-order valence-electron chi connectivity index (χ4n) is 2.34. The Balaban J connectivity index is 2.25. The van der Waals surface area contributed by atoms with Gasteiger partial charge in [-0.1, -0.05) is 30.3 Å². The average Bonchev–Trinajstić information content (AvgIpc) is 2.97. The maximum absolute atomic E-state index is 13.4. The van der Waals surface area contributed by atoms with E-state index in [9.17, 15) is 18.0 Å². The van der Waals surface area contributed by atoms with Crippen LogP contribution in [0.5, 0.6) is 0 Å². The predicted molar refractivity (Wildman–Crippen MR) is 84.0 cm³/mol. The standard InChI is InChI=1S/C17H14F3N3O2/c1-10(2)25-16(24)12-9-21-23-14(17(18,19)20)8-13(22-15(12)23)11-6-4-3-5-7-11/h3-10H,1-2H3. The van der Waals surface area contributed by atoms with Crippen LogP contribution in [0.15, 0.2) is 42.6 Å². The Bertz CT molecular complexity index is 918. The monoisotopic (exact) mass is 349 g/mol. The molecule has 1 aromatic carbocycles. The second-order valence-electron chi connectivity index (χ2n) is 5.64. The van der Waals surface area contributed by atoms with Gasteiger partial charge in [-0.3, -0.25) is 0 Å². The van der Waals surface area contributed by atoms with Gasteiger partial charge in [-0.05, 0) is 19.9 Å². The molecule has 130 valence electrons. The van der Waals surface area contributed by atoms with Crippen LogP contribution >= 0.6 is 0 Å². The maximum atomic E-state index is 13.4. The number of halogens is 3. The van der Waals surface area contributed by atoms with Crippen LogP contribution in [-0.2, 0) is 10.9 Å². The summed E-state index contributed by atoms with van der Waals surface area (Å²) in [5.41, 5.74) is -0.726. The molecular formula is C17H14F3N3O2. The third-order valence-electron chi connectivity index (χ3n) is 3.39. The lowest BCUT2D eigenvalue weighted by atomic mass is 10.1. The molecule has 5 nitrogen and oxygen atoms in total. The lowest BCUT2D eigenvalue weighted by molar-refractivity contribution is -0.142. The molecule has 0 aliphatic rings. The minimum atomic E-state index is -4.66. The molecule has 0 atom stereocenters. The van der Waals surface area contributed by atoms with Crippen molar-refractivity contribution >= 4 is 11.6 Å². The van der Waals surface area contributed by atoms with E-state index in [4.69, 9.17) is 4.74 Å². The van der Waals surface area contributed by atoms with Crippen LogP contribution in [0.3, 0.4) is 0 Å². The van der Waals surface area contributed by atoms with Gasteiger partial charge in [-0.25, -0.2) is 14.3 Å². The highest BCUT2D eigenvalue weighted by molar-refractivity contribution is 5.96. The van der Waals surface area contributed by atoms with Crippen LogP contribution in [0.25, 0.3) is 16.9 Å². The predicted octanol–water partition coefficient (Wildman–Crippen LogP) is 3.98. The van der Waals surface area contributed by atoms with E-state index in [1.54, 1.807) is 44.2 Å². The van der Waals surface area contributed by atoms with Crippen molar-refractivity contribution in [2.24, 2.45) is 0 Å². The fourth-order valence-corrected chi connectivity index (χ4v) is 2.34. The minimum Gasteiger partial charge on any atom is -0.459 e. The Morgan fingerprint density at radius 2 is 1.88 bits per heavy atom. The summed E-state index contributed by atoms with van der Waals surface area (Å²) in [5, 5.41) is 3.68. The van der Waals surface area contributed by atoms with E-state index in [-0.39, 0.29) is 16.9 Å². The van der Waals surface area contributed by atoms with Crippen molar-refractivity contribution in [3.8, 4) is 11.3 Å². The lowest BCUT2D eigenvalue weighted by Gasteiger charge is -2.12. The Kier molecular flexibility index (Phi) is 4.20. The van der Waals surface area contributed by atoms with Gasteiger partial charge in [0.1, 0.15) is 5.56 Å². The summed E-state index contributed by atoms with van der Waals surface area (Å²) >= 11 is 0. The summed E-state index contributed by atoms with van der Waals surface area (Å²) in [5.74, 6) is -0.768. The molecule has 25 heavy (non-hydrogen) atoms. The molecule has 0 bridgehead atoms. The Morgan fingerprint density at radius 1 is 1.20 bits per heavy atom. The number of carbonyl (C=O) groups excluding carboxylic acids is 1. The molecule has 8 heteroatoms. The molecule has 0 aliphatic carbocycles. The molecule has 0 saturated heterocycles. The molecule has 3 aromatic rings. The van der Waals surface area contributed by atoms with Gasteiger partial charge >= 0.3 is 12.1 Å². The average molecular weight is 349 g/mol. The number of aromatic nitrogens is 3. The van der Waals surface area contributed by atoms with E-state index in [0.29, 0.717) is 10.1 Å². The number of rotatable bonds is 3. The van der Waals surface area contributed by atoms with Crippen molar-refractivity contribution in [3.05, 3.63) is 53.9 Å². The zero-order valence-corrected chi connectivity index (χ0v) is 13.4. The number of ether oxygens (including phenoxy) is 1. The summed E-state index contributed by atoms with van der Waals surface area (Å²) < 4.78 is 46.0. The Hall–Kier alpha value is -2.90. The first-order chi connectivity index (χ1) is 11.8. The van der Waals surface area contributed by atoms with Crippen LogP contribution in [0.4, 0.5) is 13.2 Å². The van der Waals surface area contributed by atoms with Crippen molar-refractivity contribution in [1.82, 2.24) is 14.6 Å². The molecule has 2 heterocycles. The molecule has 0 radical (unpaired) electrons. The zero-order valence-electron chi connectivity index (χ0n) is 13.4. The topological polar surface area (TPSA) is 56.5 Å². The van der Waals surface area contributed by atoms with Gasteiger partial charge in [0.2, 0.25) is 0 Å². The van der Waals surface area contributed by atoms with Crippen LogP contribution < -0.4 is 0 Å². The third kappa shape index (κ3) is 3.33. The number of nitrogens with zero attached hydrogens (tertiary/aromatic N) is 3. The van der Waals surface area contributed by atoms with Crippen LogP contribution in [0.1, 0.15) is 29.9 Å². The van der Waals surface area contributed by atoms with Crippen LogP contribution in [0, 0.1) is 0 Å². The van der Waals surface area contributed by atoms with E-state index >= 15 is 0 Å². The number of fused-ring (bicyclic) bond motifs is 1. The lowest BCUT2D eigenvalue weighted by Crippen LogP contribution is -2.15. The molecule has 0 unspecified atom stereocenters. The summed E-state index contributed by atoms with van der Waals surface area (Å²) in [4.78, 5) is 16.3. The van der Waals surface area contributed by atoms with Crippen molar-refractivity contribution in [3.63, 3.8) is 0 Å². The van der Waals surface area contributed by atoms with Gasteiger partial charge < -0.3 is 4.74 Å². The van der Waals surface area contributed by atoms with Gasteiger partial charge in [0.05, 0.1) is 18.0 Å². The van der Waals surface area contributed by atoms with Crippen molar-refractivity contribution in [2.75, 3.05) is 0 Å². The highest BCUT2D eigenvalue weighted by Crippen LogP contribution is 2.32. The smallest absolute Gasteiger partial charge is 0.433 e. The minimum absolute atomic E-state index is 0.0968. The van der Waals surface area contributed by atoms with Gasteiger partial charge in [0.15, 0.2) is 11.3 Å². The van der Waals surface area contributed by atoms with Crippen molar-refractivity contribution < 1.29 is 22.7 Å². The summed E-state index contributed by atoms with van der Waals surface area (Å²) in [6.07, 6.45) is -4.03. The fraction of sp³-hybridized carbons (Fsp3) is 0.235. The number of esters is 1. The normalized spacial score (nSPS) is 11.9. The number of hydrogen-bond donors (Lipinski definition) is 0. The van der Waals surface area contributed by atoms with E-state index in [1.165, 1.54) is 0 Å². The molecule has 0 amide bonds. The Morgan fingerprint density at radius 3 is 2.48 bits per heavy atom. The number of hydrogen-bond acceptors (Lipinski definition) is 4. The number of alkyl halides is 3. The summed E-state index contributed by atoms with van der Waals surface area (Å²) in [6.45, 7) is 3.29. The highest BCUT2D eigenvalue weighted by atomic mass is 19.4. The van der Waals surface area contributed by atoms with Crippen LogP contribution in [-0.4, -0.2) is 26.7 Å². The van der Waals surface area contributed by atoms with Gasteiger partial charge in [0, 0.05) is 5.56 Å². The van der Waals surface area contributed by atoms with Gasteiger partial charge in [-0.2, -0.15) is 18.3 Å². The SMILES string of the molecule is CC(C)OC(=O)c1cnn2c(C(F)(F)F)cc(-c3ccccc3)nc12. The molecule has 0 N–H and O–H groups in total. The second-order valence-corrected chi connectivity index (χ2v) is 5.64. The van der Waals surface area contributed by atoms with Gasteiger partial charge in [-0.15, -0.1) is 0 Å². The molecule has 0 saturated carbocycles. The zero-order chi connectivity index (χ0) is 18.2. The Labute approximate surface area is 141 Å². The van der Waals surface area contributed by atoms with Gasteiger partial charge in [0.25, 0.3) is 0 Å². The molecular weight excluding hydrogens is 335 g/mol. The second kappa shape index (κ2) is 6.19. The molecule has 0 spiro atoms. The quantitative estimate of drug-likeness (QED) is 0.671. The first kappa shape index (κ1) is 16.9. The first-order valence-electron chi connectivity index (χ1n) is 7.49. The largest absolute Gasteiger partial charge is 0.459 e. The number of benzene rings is 1. The molecule has 0 fully saturated rings. The molecule has 2 aromatic heterocycles. The van der Waals surface area contributed by atoms with E-state index in [2.05, 4.69) is 10.1 Å². The highest BCUT2D eigenvalue weighted by Gasteiger charge is 2.36. The van der Waals surface area contributed by atoms with Crippen molar-refractivity contribution in [1.29, 1.82) is 0 Å². The maximum Gasteiger partial charge on any atom is 0.433 e. The summed E-state index contributed by atoms with van der Waals surface area (Å²) in [6, 6.07) is 9.32. The third-order valence-corrected chi connectivity index (χ3v) is 3.39. The molecule has 3 rings (SSSR count). The van der Waals surface area contributed by atoms with Crippen molar-refractivity contribution in [2.45, 2.75) is 26.1 Å².